The maximum atomic E-state index is 10.3. The summed E-state index contributed by atoms with van der Waals surface area (Å²) in [6.45, 7) is 2.19. The molecule has 20 heavy (non-hydrogen) atoms. The molecular weight excluding hydrogens is 248 g/mol. The van der Waals surface area contributed by atoms with Gasteiger partial charge >= 0.3 is 5.97 Å². The summed E-state index contributed by atoms with van der Waals surface area (Å²) in [6, 6.07) is 0. The van der Waals surface area contributed by atoms with Crippen LogP contribution in [0, 0.1) is 23.7 Å². The van der Waals surface area contributed by atoms with Crippen molar-refractivity contribution < 1.29 is 9.90 Å². The topological polar surface area (TPSA) is 37.3 Å². The highest BCUT2D eigenvalue weighted by atomic mass is 16.4. The third-order valence-electron chi connectivity index (χ3n) is 3.09. The average Bonchev–Trinajstić information content (AvgIpc) is 2.43. The average molecular weight is 276 g/mol. The Morgan fingerprint density at radius 2 is 1.30 bits per heavy atom. The number of hydrogen-bond donors (Lipinski definition) is 1. The van der Waals surface area contributed by atoms with E-state index in [1.807, 2.05) is 0 Å². The van der Waals surface area contributed by atoms with E-state index in [9.17, 15) is 4.79 Å². The number of unbranched alkanes of at least 4 members (excludes halogenated alkanes) is 9. The van der Waals surface area contributed by atoms with Crippen LogP contribution in [0.5, 0.6) is 0 Å². The molecule has 0 aliphatic rings. The molecule has 0 aliphatic heterocycles. The molecule has 0 radical (unpaired) electrons. The molecule has 0 saturated heterocycles. The van der Waals surface area contributed by atoms with Crippen LogP contribution in [0.3, 0.4) is 0 Å². The van der Waals surface area contributed by atoms with Crippen LogP contribution in [0.25, 0.3) is 0 Å². The molecular formula is C18H28O2. The lowest BCUT2D eigenvalue weighted by atomic mass is 10.1. The van der Waals surface area contributed by atoms with Crippen LogP contribution >= 0.6 is 0 Å². The fraction of sp³-hybridized carbons (Fsp3) is 0.722. The number of aliphatic carboxylic acids is 1. The van der Waals surface area contributed by atoms with Crippen LogP contribution in [0.15, 0.2) is 0 Å². The Hall–Kier alpha value is -1.41. The number of carboxylic acid groups (broad SMARTS) is 1. The standard InChI is InChI=1S/C18H28O2/c1-2-3-4-5-6-7-8-9-10-11-12-13-14-15-16-17-18(19)20/h2-5,10-17H2,1H3,(H,19,20). The molecule has 0 aromatic carbocycles. The summed E-state index contributed by atoms with van der Waals surface area (Å²) < 4.78 is 0. The molecule has 0 spiro atoms. The van der Waals surface area contributed by atoms with Gasteiger partial charge in [-0.05, 0) is 31.1 Å². The van der Waals surface area contributed by atoms with Crippen molar-refractivity contribution in [3.05, 3.63) is 0 Å². The van der Waals surface area contributed by atoms with Crippen LogP contribution in [0.2, 0.25) is 0 Å². The highest BCUT2D eigenvalue weighted by molar-refractivity contribution is 5.66. The minimum Gasteiger partial charge on any atom is -0.481 e. The smallest absolute Gasteiger partial charge is 0.303 e. The summed E-state index contributed by atoms with van der Waals surface area (Å²) in [4.78, 5) is 10.3. The molecule has 0 unspecified atom stereocenters. The second kappa shape index (κ2) is 15.6. The van der Waals surface area contributed by atoms with Crippen molar-refractivity contribution in [2.24, 2.45) is 0 Å². The molecule has 0 bridgehead atoms. The molecule has 0 atom stereocenters. The van der Waals surface area contributed by atoms with E-state index >= 15 is 0 Å². The zero-order valence-corrected chi connectivity index (χ0v) is 12.8. The van der Waals surface area contributed by atoms with Crippen molar-refractivity contribution in [3.8, 4) is 23.7 Å². The number of carboxylic acids is 1. The van der Waals surface area contributed by atoms with E-state index in [0.717, 1.165) is 38.5 Å². The van der Waals surface area contributed by atoms with Gasteiger partial charge in [0, 0.05) is 19.3 Å². The van der Waals surface area contributed by atoms with Crippen molar-refractivity contribution in [1.29, 1.82) is 0 Å². The lowest BCUT2D eigenvalue weighted by molar-refractivity contribution is -0.137. The molecule has 0 heterocycles. The minimum absolute atomic E-state index is 0.308. The molecule has 0 fully saturated rings. The third-order valence-corrected chi connectivity index (χ3v) is 3.09. The summed E-state index contributed by atoms with van der Waals surface area (Å²) in [5, 5.41) is 8.49. The first-order valence-electron chi connectivity index (χ1n) is 7.95. The summed E-state index contributed by atoms with van der Waals surface area (Å²) in [6.07, 6.45) is 12.4. The Labute approximate surface area is 124 Å². The van der Waals surface area contributed by atoms with Gasteiger partial charge in [-0.15, -0.1) is 0 Å². The largest absolute Gasteiger partial charge is 0.481 e. The Balaban J connectivity index is 3.25. The highest BCUT2D eigenvalue weighted by Crippen LogP contribution is 2.08. The van der Waals surface area contributed by atoms with Gasteiger partial charge in [0.05, 0.1) is 0 Å². The van der Waals surface area contributed by atoms with E-state index in [2.05, 4.69) is 30.6 Å². The predicted octanol–water partition coefficient (Wildman–Crippen LogP) is 4.78. The van der Waals surface area contributed by atoms with Gasteiger partial charge in [-0.2, -0.15) is 0 Å². The van der Waals surface area contributed by atoms with E-state index in [1.54, 1.807) is 0 Å². The lowest BCUT2D eigenvalue weighted by Gasteiger charge is -1.98. The van der Waals surface area contributed by atoms with Gasteiger partial charge in [0.25, 0.3) is 0 Å². The monoisotopic (exact) mass is 276 g/mol. The van der Waals surface area contributed by atoms with Crippen LogP contribution in [0.4, 0.5) is 0 Å². The first kappa shape index (κ1) is 18.6. The van der Waals surface area contributed by atoms with Crippen LogP contribution in [-0.2, 0) is 4.79 Å². The van der Waals surface area contributed by atoms with Crippen molar-refractivity contribution in [1.82, 2.24) is 0 Å². The van der Waals surface area contributed by atoms with Crippen molar-refractivity contribution in [2.75, 3.05) is 0 Å². The van der Waals surface area contributed by atoms with E-state index in [-0.39, 0.29) is 0 Å². The van der Waals surface area contributed by atoms with Crippen LogP contribution in [-0.4, -0.2) is 11.1 Å². The SMILES string of the molecule is CCCCCC#CC#CCCCCCCCCC(=O)O. The third kappa shape index (κ3) is 16.6. The van der Waals surface area contributed by atoms with Gasteiger partial charge in [-0.3, -0.25) is 4.79 Å². The van der Waals surface area contributed by atoms with E-state index in [1.165, 1.54) is 32.1 Å². The molecule has 0 aromatic rings. The zero-order valence-electron chi connectivity index (χ0n) is 12.8. The summed E-state index contributed by atoms with van der Waals surface area (Å²) in [7, 11) is 0. The second-order valence-corrected chi connectivity index (χ2v) is 5.08. The van der Waals surface area contributed by atoms with E-state index < -0.39 is 5.97 Å². The number of hydrogen-bond acceptors (Lipinski definition) is 1. The summed E-state index contributed by atoms with van der Waals surface area (Å²) >= 11 is 0. The van der Waals surface area contributed by atoms with Crippen molar-refractivity contribution in [3.63, 3.8) is 0 Å². The Morgan fingerprint density at radius 1 is 0.800 bits per heavy atom. The van der Waals surface area contributed by atoms with Gasteiger partial charge in [0.1, 0.15) is 0 Å². The van der Waals surface area contributed by atoms with Gasteiger partial charge in [-0.1, -0.05) is 57.3 Å². The minimum atomic E-state index is -0.684. The summed E-state index contributed by atoms with van der Waals surface area (Å²) in [5.41, 5.74) is 0. The predicted molar refractivity (Wildman–Crippen MR) is 84.3 cm³/mol. The van der Waals surface area contributed by atoms with Crippen LogP contribution in [0.1, 0.15) is 84.0 Å². The molecule has 2 heteroatoms. The first-order chi connectivity index (χ1) is 9.77. The Morgan fingerprint density at radius 3 is 1.85 bits per heavy atom. The zero-order chi connectivity index (χ0) is 14.9. The molecule has 0 aliphatic carbocycles. The molecule has 0 rings (SSSR count). The van der Waals surface area contributed by atoms with E-state index in [0.29, 0.717) is 6.42 Å². The van der Waals surface area contributed by atoms with Crippen molar-refractivity contribution in [2.45, 2.75) is 84.0 Å². The highest BCUT2D eigenvalue weighted by Gasteiger charge is 1.95. The van der Waals surface area contributed by atoms with Gasteiger partial charge < -0.3 is 5.11 Å². The Kier molecular flexibility index (Phi) is 14.5. The molecule has 1 N–H and O–H groups in total. The van der Waals surface area contributed by atoms with Gasteiger partial charge in [0.2, 0.25) is 0 Å². The maximum absolute atomic E-state index is 10.3. The van der Waals surface area contributed by atoms with Crippen molar-refractivity contribution >= 4 is 5.97 Å². The molecule has 0 saturated carbocycles. The first-order valence-corrected chi connectivity index (χ1v) is 7.95. The molecule has 2 nitrogen and oxygen atoms in total. The van der Waals surface area contributed by atoms with Crippen LogP contribution < -0.4 is 0 Å². The lowest BCUT2D eigenvalue weighted by Crippen LogP contribution is -1.93. The fourth-order valence-corrected chi connectivity index (χ4v) is 1.87. The summed E-state index contributed by atoms with van der Waals surface area (Å²) in [5.74, 6) is 11.3. The fourth-order valence-electron chi connectivity index (χ4n) is 1.87. The molecule has 0 amide bonds. The number of rotatable bonds is 11. The normalized spacial score (nSPS) is 9.25. The molecule has 112 valence electrons. The van der Waals surface area contributed by atoms with Gasteiger partial charge in [0.15, 0.2) is 0 Å². The molecule has 0 aromatic heterocycles. The maximum Gasteiger partial charge on any atom is 0.303 e. The van der Waals surface area contributed by atoms with E-state index in [4.69, 9.17) is 5.11 Å². The second-order valence-electron chi connectivity index (χ2n) is 5.08. The quantitative estimate of drug-likeness (QED) is 0.435. The Bertz CT molecular complexity index is 349. The number of carbonyl (C=O) groups is 1. The van der Waals surface area contributed by atoms with Gasteiger partial charge in [-0.25, -0.2) is 0 Å².